The molecule has 166 valence electrons. The molecular weight excluding hydrogens is 424 g/mol. The van der Waals surface area contributed by atoms with Gasteiger partial charge in [-0.05, 0) is 49.1 Å². The average molecular weight is 451 g/mol. The molecule has 1 saturated carbocycles. The minimum absolute atomic E-state index is 0.0724. The van der Waals surface area contributed by atoms with Gasteiger partial charge in [-0.25, -0.2) is 4.98 Å². The van der Waals surface area contributed by atoms with Gasteiger partial charge in [0.1, 0.15) is 5.65 Å². The van der Waals surface area contributed by atoms with Gasteiger partial charge in [0.2, 0.25) is 11.8 Å². The normalized spacial score (nSPS) is 18.5. The van der Waals surface area contributed by atoms with Gasteiger partial charge in [0, 0.05) is 43.5 Å². The summed E-state index contributed by atoms with van der Waals surface area (Å²) in [7, 11) is 0. The molecule has 7 heteroatoms. The molecule has 6 nitrogen and oxygen atoms in total. The average Bonchev–Trinajstić information content (AvgIpc) is 3.08. The number of carbonyl (C=O) groups is 2. The van der Waals surface area contributed by atoms with Gasteiger partial charge in [-0.3, -0.25) is 9.59 Å². The van der Waals surface area contributed by atoms with Gasteiger partial charge in [0.05, 0.1) is 17.7 Å². The molecule has 5 rings (SSSR count). The summed E-state index contributed by atoms with van der Waals surface area (Å²) < 4.78 is 2.00. The van der Waals surface area contributed by atoms with E-state index in [0.29, 0.717) is 37.6 Å². The third kappa shape index (κ3) is 3.66. The van der Waals surface area contributed by atoms with E-state index in [0.717, 1.165) is 41.7 Å². The van der Waals surface area contributed by atoms with E-state index in [1.54, 1.807) is 0 Å². The molecule has 2 fully saturated rings. The number of amides is 2. The number of aromatic nitrogens is 2. The first-order valence-electron chi connectivity index (χ1n) is 11.2. The molecule has 1 saturated heterocycles. The number of hydrogen-bond donors (Lipinski definition) is 0. The van der Waals surface area contributed by atoms with Crippen LogP contribution in [0.3, 0.4) is 0 Å². The summed E-state index contributed by atoms with van der Waals surface area (Å²) in [5.74, 6) is 0.215. The van der Waals surface area contributed by atoms with Crippen LogP contribution in [0.15, 0.2) is 48.8 Å². The van der Waals surface area contributed by atoms with Crippen molar-refractivity contribution in [1.82, 2.24) is 19.2 Å². The summed E-state index contributed by atoms with van der Waals surface area (Å²) in [5.41, 5.74) is 3.44. The van der Waals surface area contributed by atoms with Crippen LogP contribution in [0.1, 0.15) is 42.5 Å². The molecule has 2 amide bonds. The van der Waals surface area contributed by atoms with Crippen molar-refractivity contribution in [2.24, 2.45) is 0 Å². The fourth-order valence-corrected chi connectivity index (χ4v) is 5.07. The molecule has 0 N–H and O–H groups in total. The molecule has 3 aromatic rings. The second-order valence-corrected chi connectivity index (χ2v) is 9.39. The first kappa shape index (κ1) is 21.0. The van der Waals surface area contributed by atoms with E-state index in [-0.39, 0.29) is 11.8 Å². The molecule has 1 aliphatic heterocycles. The van der Waals surface area contributed by atoms with E-state index in [9.17, 15) is 9.59 Å². The predicted molar refractivity (Wildman–Crippen MR) is 124 cm³/mol. The maximum Gasteiger partial charge on any atom is 0.233 e. The summed E-state index contributed by atoms with van der Waals surface area (Å²) in [6, 6.07) is 11.7. The van der Waals surface area contributed by atoms with Crippen LogP contribution in [0, 0.1) is 6.92 Å². The topological polar surface area (TPSA) is 57.9 Å². The first-order valence-corrected chi connectivity index (χ1v) is 11.6. The molecule has 0 atom stereocenters. The molecule has 1 aliphatic carbocycles. The molecule has 3 heterocycles. The van der Waals surface area contributed by atoms with Crippen LogP contribution in [-0.2, 0) is 21.5 Å². The minimum Gasteiger partial charge on any atom is -0.340 e. The van der Waals surface area contributed by atoms with Gasteiger partial charge in [-0.2, -0.15) is 0 Å². The Balaban J connectivity index is 1.31. The minimum atomic E-state index is -0.470. The van der Waals surface area contributed by atoms with Crippen LogP contribution in [0.5, 0.6) is 0 Å². The zero-order valence-electron chi connectivity index (χ0n) is 18.3. The Labute approximate surface area is 192 Å². The van der Waals surface area contributed by atoms with Gasteiger partial charge in [0.25, 0.3) is 0 Å². The molecule has 0 spiro atoms. The van der Waals surface area contributed by atoms with Crippen molar-refractivity contribution < 1.29 is 9.59 Å². The lowest BCUT2D eigenvalue weighted by Crippen LogP contribution is -2.51. The van der Waals surface area contributed by atoms with E-state index >= 15 is 0 Å². The summed E-state index contributed by atoms with van der Waals surface area (Å²) in [6.07, 6.45) is 7.03. The fraction of sp³-hybridized carbons (Fsp3) is 0.400. The van der Waals surface area contributed by atoms with E-state index in [2.05, 4.69) is 0 Å². The highest BCUT2D eigenvalue weighted by atomic mass is 35.5. The largest absolute Gasteiger partial charge is 0.340 e. The number of aryl methyl sites for hydroxylation is 1. The third-order valence-electron chi connectivity index (χ3n) is 6.97. The molecule has 32 heavy (non-hydrogen) atoms. The Morgan fingerprint density at radius 3 is 2.59 bits per heavy atom. The zero-order chi connectivity index (χ0) is 22.3. The van der Waals surface area contributed by atoms with Crippen LogP contribution in [-0.4, -0.2) is 50.6 Å². The molecule has 0 bridgehead atoms. The lowest BCUT2D eigenvalue weighted by Gasteiger charge is -2.44. The standard InChI is InChI=1S/C25H27ClN4O2/c1-18-4-2-12-30-17-21(27-23(18)30)16-29-15-14-28(13-9-22(29)31)24(32)25(10-3-11-25)19-5-7-20(26)8-6-19/h2,4-8,12,17H,3,9-11,13-16H2,1H3. The highest BCUT2D eigenvalue weighted by Gasteiger charge is 2.48. The summed E-state index contributed by atoms with van der Waals surface area (Å²) in [6.45, 7) is 4.03. The lowest BCUT2D eigenvalue weighted by atomic mass is 9.63. The summed E-state index contributed by atoms with van der Waals surface area (Å²) >= 11 is 6.06. The van der Waals surface area contributed by atoms with Crippen LogP contribution in [0.2, 0.25) is 5.02 Å². The summed E-state index contributed by atoms with van der Waals surface area (Å²) in [5, 5.41) is 0.675. The SMILES string of the molecule is Cc1cccn2cc(CN3CCN(C(=O)C4(c5ccc(Cl)cc5)CCC4)CCC3=O)nc12. The number of rotatable bonds is 4. The van der Waals surface area contributed by atoms with E-state index in [1.807, 2.05) is 69.9 Å². The van der Waals surface area contributed by atoms with Crippen LogP contribution in [0.25, 0.3) is 5.65 Å². The van der Waals surface area contributed by atoms with Crippen molar-refractivity contribution in [3.63, 3.8) is 0 Å². The Morgan fingerprint density at radius 2 is 1.91 bits per heavy atom. The maximum atomic E-state index is 13.6. The van der Waals surface area contributed by atoms with Gasteiger partial charge in [0.15, 0.2) is 0 Å². The smallest absolute Gasteiger partial charge is 0.233 e. The molecule has 2 aliphatic rings. The second-order valence-electron chi connectivity index (χ2n) is 8.95. The van der Waals surface area contributed by atoms with Crippen LogP contribution in [0.4, 0.5) is 0 Å². The Kier molecular flexibility index (Phi) is 5.41. The van der Waals surface area contributed by atoms with Crippen LogP contribution < -0.4 is 0 Å². The van der Waals surface area contributed by atoms with Gasteiger partial charge in [-0.1, -0.05) is 36.2 Å². The third-order valence-corrected chi connectivity index (χ3v) is 7.22. The predicted octanol–water partition coefficient (Wildman–Crippen LogP) is 3.98. The monoisotopic (exact) mass is 450 g/mol. The van der Waals surface area contributed by atoms with E-state index in [1.165, 1.54) is 0 Å². The first-order chi connectivity index (χ1) is 15.5. The van der Waals surface area contributed by atoms with Crippen molar-refractivity contribution >= 4 is 29.1 Å². The van der Waals surface area contributed by atoms with E-state index < -0.39 is 5.41 Å². The van der Waals surface area contributed by atoms with Gasteiger partial charge >= 0.3 is 0 Å². The fourth-order valence-electron chi connectivity index (χ4n) is 4.94. The molecule has 1 aromatic carbocycles. The van der Waals surface area contributed by atoms with Crippen LogP contribution >= 0.6 is 11.6 Å². The highest BCUT2D eigenvalue weighted by Crippen LogP contribution is 2.45. The highest BCUT2D eigenvalue weighted by molar-refractivity contribution is 6.30. The maximum absolute atomic E-state index is 13.6. The van der Waals surface area contributed by atoms with Crippen molar-refractivity contribution in [2.45, 2.75) is 44.6 Å². The number of imidazole rings is 1. The van der Waals surface area contributed by atoms with E-state index in [4.69, 9.17) is 16.6 Å². The number of fused-ring (bicyclic) bond motifs is 1. The number of halogens is 1. The number of hydrogen-bond acceptors (Lipinski definition) is 3. The Morgan fingerprint density at radius 1 is 1.12 bits per heavy atom. The number of nitrogens with zero attached hydrogens (tertiary/aromatic N) is 4. The van der Waals surface area contributed by atoms with Crippen molar-refractivity contribution in [1.29, 1.82) is 0 Å². The van der Waals surface area contributed by atoms with Crippen molar-refractivity contribution in [3.8, 4) is 0 Å². The Bertz CT molecular complexity index is 1170. The van der Waals surface area contributed by atoms with Crippen molar-refractivity contribution in [2.75, 3.05) is 19.6 Å². The number of benzene rings is 1. The number of pyridine rings is 1. The van der Waals surface area contributed by atoms with Gasteiger partial charge < -0.3 is 14.2 Å². The molecular formula is C25H27ClN4O2. The molecule has 2 aromatic heterocycles. The van der Waals surface area contributed by atoms with Crippen molar-refractivity contribution in [3.05, 3.63) is 70.6 Å². The second kappa shape index (κ2) is 8.24. The molecule has 0 unspecified atom stereocenters. The quantitative estimate of drug-likeness (QED) is 0.604. The number of carbonyl (C=O) groups excluding carboxylic acids is 2. The Hall–Kier alpha value is -2.86. The zero-order valence-corrected chi connectivity index (χ0v) is 19.0. The molecule has 0 radical (unpaired) electrons. The summed E-state index contributed by atoms with van der Waals surface area (Å²) in [4.78, 5) is 34.9. The lowest BCUT2D eigenvalue weighted by molar-refractivity contribution is -0.140. The van der Waals surface area contributed by atoms with Gasteiger partial charge in [-0.15, -0.1) is 0 Å².